The monoisotopic (exact) mass is 384 g/mol. The van der Waals surface area contributed by atoms with Gasteiger partial charge in [0.05, 0.1) is 11.1 Å². The third-order valence-electron chi connectivity index (χ3n) is 5.58. The third kappa shape index (κ3) is 3.22. The molecule has 0 saturated carbocycles. The highest BCUT2D eigenvalue weighted by Crippen LogP contribution is 2.30. The van der Waals surface area contributed by atoms with Gasteiger partial charge in [-0.25, -0.2) is 0 Å². The predicted molar refractivity (Wildman–Crippen MR) is 100 cm³/mol. The second-order valence-electron chi connectivity index (χ2n) is 7.95. The van der Waals surface area contributed by atoms with Gasteiger partial charge in [0, 0.05) is 38.1 Å². The Balaban J connectivity index is 1.61. The summed E-state index contributed by atoms with van der Waals surface area (Å²) in [4.78, 5) is 53.0. The van der Waals surface area contributed by atoms with Crippen molar-refractivity contribution in [2.24, 2.45) is 0 Å². The molecule has 4 amide bonds. The number of rotatable bonds is 3. The van der Waals surface area contributed by atoms with E-state index >= 15 is 0 Å². The van der Waals surface area contributed by atoms with Crippen molar-refractivity contribution >= 4 is 23.6 Å². The highest BCUT2D eigenvalue weighted by atomic mass is 16.2. The maximum atomic E-state index is 13.1. The average Bonchev–Trinajstić information content (AvgIpc) is 2.86. The molecule has 148 valence electrons. The van der Waals surface area contributed by atoms with Gasteiger partial charge >= 0.3 is 0 Å². The van der Waals surface area contributed by atoms with E-state index in [-0.39, 0.29) is 18.7 Å². The van der Waals surface area contributed by atoms with Crippen molar-refractivity contribution < 1.29 is 19.2 Å². The number of nitrogens with zero attached hydrogens (tertiary/aromatic N) is 2. The predicted octanol–water partition coefficient (Wildman–Crippen LogP) is 0.270. The molecule has 8 nitrogen and oxygen atoms in total. The van der Waals surface area contributed by atoms with Gasteiger partial charge in [0.15, 0.2) is 0 Å². The van der Waals surface area contributed by atoms with Crippen LogP contribution in [0, 0.1) is 0 Å². The molecule has 2 N–H and O–H groups in total. The summed E-state index contributed by atoms with van der Waals surface area (Å²) in [6.45, 7) is 6.52. The largest absolute Gasteiger partial charge is 0.309 e. The Kier molecular flexibility index (Phi) is 4.76. The SMILES string of the molecule is CC1CN(Cc2cccc3c2C(=O)N(C2CCC(=O)NC2=O)C3=O)CC(C)N1. The summed E-state index contributed by atoms with van der Waals surface area (Å²) in [5.74, 6) is -1.86. The molecular formula is C20H24N4O4. The molecule has 0 spiro atoms. The lowest BCUT2D eigenvalue weighted by Crippen LogP contribution is -2.54. The number of benzene rings is 1. The fraction of sp³-hybridized carbons (Fsp3) is 0.500. The summed E-state index contributed by atoms with van der Waals surface area (Å²) in [5.41, 5.74) is 1.52. The van der Waals surface area contributed by atoms with Crippen LogP contribution < -0.4 is 10.6 Å². The van der Waals surface area contributed by atoms with E-state index in [1.54, 1.807) is 12.1 Å². The molecule has 4 rings (SSSR count). The zero-order chi connectivity index (χ0) is 20.0. The number of imide groups is 2. The van der Waals surface area contributed by atoms with Gasteiger partial charge in [0.1, 0.15) is 6.04 Å². The Morgan fingerprint density at radius 1 is 1.04 bits per heavy atom. The topological polar surface area (TPSA) is 98.8 Å². The van der Waals surface area contributed by atoms with Gasteiger partial charge in [-0.3, -0.25) is 34.3 Å². The van der Waals surface area contributed by atoms with Crippen LogP contribution in [0.2, 0.25) is 0 Å². The molecule has 3 heterocycles. The van der Waals surface area contributed by atoms with Crippen LogP contribution in [0.3, 0.4) is 0 Å². The molecule has 2 fully saturated rings. The summed E-state index contributed by atoms with van der Waals surface area (Å²) in [6, 6.07) is 5.04. The third-order valence-corrected chi connectivity index (χ3v) is 5.58. The zero-order valence-electron chi connectivity index (χ0n) is 16.0. The first-order valence-electron chi connectivity index (χ1n) is 9.67. The normalized spacial score (nSPS) is 28.5. The molecule has 2 saturated heterocycles. The minimum Gasteiger partial charge on any atom is -0.309 e. The van der Waals surface area contributed by atoms with Crippen LogP contribution >= 0.6 is 0 Å². The van der Waals surface area contributed by atoms with Crippen LogP contribution in [-0.2, 0) is 16.1 Å². The molecule has 3 aliphatic rings. The molecule has 0 aliphatic carbocycles. The molecule has 0 radical (unpaired) electrons. The van der Waals surface area contributed by atoms with Gasteiger partial charge in [-0.2, -0.15) is 0 Å². The minimum atomic E-state index is -0.933. The van der Waals surface area contributed by atoms with Gasteiger partial charge in [0.25, 0.3) is 11.8 Å². The summed E-state index contributed by atoms with van der Waals surface area (Å²) in [5, 5.41) is 5.70. The second-order valence-corrected chi connectivity index (χ2v) is 7.95. The van der Waals surface area contributed by atoms with Gasteiger partial charge in [-0.15, -0.1) is 0 Å². The number of piperidine rings is 1. The molecule has 1 aromatic carbocycles. The Morgan fingerprint density at radius 3 is 2.43 bits per heavy atom. The lowest BCUT2D eigenvalue weighted by molar-refractivity contribution is -0.136. The van der Waals surface area contributed by atoms with Crippen LogP contribution in [-0.4, -0.2) is 64.6 Å². The van der Waals surface area contributed by atoms with E-state index < -0.39 is 23.8 Å². The molecule has 3 aliphatic heterocycles. The van der Waals surface area contributed by atoms with Crippen molar-refractivity contribution in [3.63, 3.8) is 0 Å². The molecule has 0 aromatic heterocycles. The molecule has 3 atom stereocenters. The van der Waals surface area contributed by atoms with Gasteiger partial charge in [-0.1, -0.05) is 12.1 Å². The number of carbonyl (C=O) groups is 4. The number of carbonyl (C=O) groups excluding carboxylic acids is 4. The first-order chi connectivity index (χ1) is 13.3. The maximum Gasteiger partial charge on any atom is 0.262 e. The van der Waals surface area contributed by atoms with Crippen LogP contribution in [0.25, 0.3) is 0 Å². The van der Waals surface area contributed by atoms with E-state index in [1.165, 1.54) is 0 Å². The van der Waals surface area contributed by atoms with Crippen LogP contribution in [0.1, 0.15) is 53.0 Å². The average molecular weight is 384 g/mol. The van der Waals surface area contributed by atoms with Crippen molar-refractivity contribution in [1.29, 1.82) is 0 Å². The van der Waals surface area contributed by atoms with Crippen molar-refractivity contribution in [1.82, 2.24) is 20.4 Å². The van der Waals surface area contributed by atoms with Gasteiger partial charge < -0.3 is 5.32 Å². The van der Waals surface area contributed by atoms with Crippen molar-refractivity contribution in [3.8, 4) is 0 Å². The summed E-state index contributed by atoms with van der Waals surface area (Å²) in [6.07, 6.45) is 0.283. The van der Waals surface area contributed by atoms with Crippen LogP contribution in [0.5, 0.6) is 0 Å². The van der Waals surface area contributed by atoms with Crippen LogP contribution in [0.4, 0.5) is 0 Å². The van der Waals surface area contributed by atoms with E-state index in [2.05, 4.69) is 29.4 Å². The summed E-state index contributed by atoms with van der Waals surface area (Å²) in [7, 11) is 0. The van der Waals surface area contributed by atoms with Crippen molar-refractivity contribution in [2.75, 3.05) is 13.1 Å². The fourth-order valence-electron chi connectivity index (χ4n) is 4.53. The van der Waals surface area contributed by atoms with Crippen molar-refractivity contribution in [3.05, 3.63) is 34.9 Å². The highest BCUT2D eigenvalue weighted by molar-refractivity contribution is 6.24. The Hall–Kier alpha value is -2.58. The number of fused-ring (bicyclic) bond motifs is 1. The molecular weight excluding hydrogens is 360 g/mol. The zero-order valence-corrected chi connectivity index (χ0v) is 16.0. The fourth-order valence-corrected chi connectivity index (χ4v) is 4.53. The van der Waals surface area contributed by atoms with Crippen LogP contribution in [0.15, 0.2) is 18.2 Å². The summed E-state index contributed by atoms with van der Waals surface area (Å²) >= 11 is 0. The van der Waals surface area contributed by atoms with E-state index in [4.69, 9.17) is 0 Å². The van der Waals surface area contributed by atoms with E-state index in [0.29, 0.717) is 29.8 Å². The summed E-state index contributed by atoms with van der Waals surface area (Å²) < 4.78 is 0. The highest BCUT2D eigenvalue weighted by Gasteiger charge is 2.45. The Morgan fingerprint density at radius 2 is 1.75 bits per heavy atom. The number of hydrogen-bond donors (Lipinski definition) is 2. The quantitative estimate of drug-likeness (QED) is 0.726. The van der Waals surface area contributed by atoms with Gasteiger partial charge in [0.2, 0.25) is 11.8 Å². The van der Waals surface area contributed by atoms with Crippen molar-refractivity contribution in [2.45, 2.75) is 51.4 Å². The molecule has 1 aromatic rings. The second kappa shape index (κ2) is 7.10. The Labute approximate surface area is 163 Å². The van der Waals surface area contributed by atoms with E-state index in [1.807, 2.05) is 6.07 Å². The smallest absolute Gasteiger partial charge is 0.262 e. The van der Waals surface area contributed by atoms with Gasteiger partial charge in [-0.05, 0) is 31.9 Å². The molecule has 8 heteroatoms. The minimum absolute atomic E-state index is 0.118. The van der Waals surface area contributed by atoms with E-state index in [0.717, 1.165) is 23.6 Å². The number of piperazine rings is 1. The molecule has 3 unspecified atom stereocenters. The number of amides is 4. The van der Waals surface area contributed by atoms with E-state index in [9.17, 15) is 19.2 Å². The number of hydrogen-bond acceptors (Lipinski definition) is 6. The first kappa shape index (κ1) is 18.8. The first-order valence-corrected chi connectivity index (χ1v) is 9.67. The Bertz CT molecular complexity index is 858. The maximum absolute atomic E-state index is 13.1. The standard InChI is InChI=1S/C20H24N4O4/c1-11-8-23(9-12(2)21-11)10-13-4-3-5-14-17(13)20(28)24(19(14)27)15-6-7-16(25)22-18(15)26/h3-5,11-12,15,21H,6-10H2,1-2H3,(H,22,25,26). The lowest BCUT2D eigenvalue weighted by atomic mass is 10.0. The molecule has 28 heavy (non-hydrogen) atoms. The molecule has 0 bridgehead atoms. The lowest BCUT2D eigenvalue weighted by Gasteiger charge is -2.36. The number of nitrogens with one attached hydrogen (secondary N) is 2.